The molecule has 0 aromatic heterocycles. The van der Waals surface area contributed by atoms with Crippen molar-refractivity contribution in [2.75, 3.05) is 12.3 Å². The summed E-state index contributed by atoms with van der Waals surface area (Å²) < 4.78 is 0. The zero-order chi connectivity index (χ0) is 16.7. The average molecular weight is 308 g/mol. The number of anilines is 1. The van der Waals surface area contributed by atoms with Gasteiger partial charge in [0.2, 0.25) is 5.91 Å². The van der Waals surface area contributed by atoms with E-state index in [4.69, 9.17) is 12.2 Å². The van der Waals surface area contributed by atoms with Crippen molar-refractivity contribution in [2.24, 2.45) is 5.92 Å². The highest BCUT2D eigenvalue weighted by molar-refractivity contribution is 5.84. The normalized spacial score (nSPS) is 19.4. The number of rotatable bonds is 2. The number of benzene rings is 1. The van der Waals surface area contributed by atoms with Gasteiger partial charge in [-0.05, 0) is 43.2 Å². The van der Waals surface area contributed by atoms with Crippen molar-refractivity contribution in [2.45, 2.75) is 19.3 Å². The van der Waals surface area contributed by atoms with Crippen molar-refractivity contribution < 1.29 is 9.59 Å². The van der Waals surface area contributed by atoms with E-state index in [1.54, 1.807) is 17.0 Å². The minimum Gasteiger partial charge on any atom is -0.399 e. The molecular weight excluding hydrogens is 288 g/mol. The Morgan fingerprint density at radius 2 is 2.00 bits per heavy atom. The van der Waals surface area contributed by atoms with E-state index in [-0.39, 0.29) is 11.8 Å². The molecule has 1 aromatic rings. The number of nitrogen functional groups attached to an aromatic ring is 1. The van der Waals surface area contributed by atoms with Gasteiger partial charge < -0.3 is 15.4 Å². The van der Waals surface area contributed by atoms with Crippen molar-refractivity contribution in [1.29, 1.82) is 0 Å². The van der Waals surface area contributed by atoms with Crippen LogP contribution in [0.1, 0.15) is 24.8 Å². The highest BCUT2D eigenvalue weighted by Crippen LogP contribution is 2.23. The van der Waals surface area contributed by atoms with E-state index >= 15 is 0 Å². The van der Waals surface area contributed by atoms with Crippen LogP contribution in [0.25, 0.3) is 0 Å². The Labute approximate surface area is 136 Å². The minimum atomic E-state index is -0.112. The number of carbonyl (C=O) groups excluding carboxylic acids is 2. The molecule has 1 aromatic carbocycles. The molecule has 1 amide bonds. The Hall–Kier alpha value is -2.80. The third-order valence-corrected chi connectivity index (χ3v) is 3.71. The Morgan fingerprint density at radius 1 is 1.26 bits per heavy atom. The lowest BCUT2D eigenvalue weighted by Gasteiger charge is -2.19. The van der Waals surface area contributed by atoms with Crippen molar-refractivity contribution in [3.8, 4) is 12.3 Å². The summed E-state index contributed by atoms with van der Waals surface area (Å²) in [6.45, 7) is 0.554. The van der Waals surface area contributed by atoms with Crippen molar-refractivity contribution in [3.05, 3.63) is 53.8 Å². The molecule has 0 radical (unpaired) electrons. The lowest BCUT2D eigenvalue weighted by molar-refractivity contribution is -0.126. The van der Waals surface area contributed by atoms with Gasteiger partial charge in [-0.25, -0.2) is 0 Å². The van der Waals surface area contributed by atoms with E-state index in [1.807, 2.05) is 18.2 Å². The van der Waals surface area contributed by atoms with Gasteiger partial charge in [-0.1, -0.05) is 18.1 Å². The van der Waals surface area contributed by atoms with Crippen LogP contribution in [-0.4, -0.2) is 23.6 Å². The molecule has 0 saturated carbocycles. The van der Waals surface area contributed by atoms with Gasteiger partial charge in [-0.15, -0.1) is 6.42 Å². The highest BCUT2D eigenvalue weighted by Gasteiger charge is 2.30. The first-order valence-electron chi connectivity index (χ1n) is 7.58. The zero-order valence-corrected chi connectivity index (χ0v) is 12.9. The molecule has 2 N–H and O–H groups in total. The van der Waals surface area contributed by atoms with Gasteiger partial charge in [0.1, 0.15) is 6.29 Å². The molecule has 0 bridgehead atoms. The zero-order valence-electron chi connectivity index (χ0n) is 12.9. The van der Waals surface area contributed by atoms with Crippen LogP contribution in [0.3, 0.4) is 0 Å². The number of amides is 1. The van der Waals surface area contributed by atoms with Crippen molar-refractivity contribution in [1.82, 2.24) is 4.90 Å². The number of hydrogen-bond donors (Lipinski definition) is 1. The Morgan fingerprint density at radius 3 is 2.52 bits per heavy atom. The Bertz CT molecular complexity index is 666. The second-order valence-corrected chi connectivity index (χ2v) is 5.48. The number of likely N-dealkylation sites (tertiary alicyclic amines) is 1. The molecule has 1 aliphatic heterocycles. The molecule has 1 atom stereocenters. The molecule has 1 aliphatic carbocycles. The lowest BCUT2D eigenvalue weighted by Crippen LogP contribution is -2.24. The summed E-state index contributed by atoms with van der Waals surface area (Å²) >= 11 is 0. The van der Waals surface area contributed by atoms with Crippen LogP contribution in [0.2, 0.25) is 0 Å². The lowest BCUT2D eigenvalue weighted by atomic mass is 10.1. The fourth-order valence-corrected chi connectivity index (χ4v) is 2.45. The molecule has 1 saturated heterocycles. The molecule has 4 heteroatoms. The maximum absolute atomic E-state index is 11.5. The Balaban J connectivity index is 0.000000185. The summed E-state index contributed by atoms with van der Waals surface area (Å²) in [5.74, 6) is 2.46. The molecule has 23 heavy (non-hydrogen) atoms. The number of nitrogens with zero attached hydrogens (tertiary/aromatic N) is 1. The van der Waals surface area contributed by atoms with E-state index in [9.17, 15) is 9.59 Å². The molecule has 118 valence electrons. The third-order valence-electron chi connectivity index (χ3n) is 3.71. The van der Waals surface area contributed by atoms with Crippen LogP contribution < -0.4 is 5.73 Å². The summed E-state index contributed by atoms with van der Waals surface area (Å²) in [5, 5.41) is 0. The predicted molar refractivity (Wildman–Crippen MR) is 91.1 cm³/mol. The fraction of sp³-hybridized carbons (Fsp3) is 0.263. The number of carbonyl (C=O) groups is 2. The third kappa shape index (κ3) is 4.58. The fourth-order valence-electron chi connectivity index (χ4n) is 2.45. The second kappa shape index (κ2) is 8.00. The number of allylic oxidation sites excluding steroid dienone is 3. The van der Waals surface area contributed by atoms with E-state index in [0.717, 1.165) is 36.1 Å². The Kier molecular flexibility index (Phi) is 5.76. The van der Waals surface area contributed by atoms with Crippen LogP contribution in [0.15, 0.2) is 48.2 Å². The van der Waals surface area contributed by atoms with E-state index in [2.05, 4.69) is 18.1 Å². The molecule has 4 nitrogen and oxygen atoms in total. The summed E-state index contributed by atoms with van der Waals surface area (Å²) in [6.07, 6.45) is 14.5. The van der Waals surface area contributed by atoms with Gasteiger partial charge >= 0.3 is 0 Å². The SMILES string of the molecule is C#Cc1ccc(N)cc1.O=CC1CC(=O)N(C2=CCCC=C2)C1. The van der Waals surface area contributed by atoms with Gasteiger partial charge in [0.25, 0.3) is 0 Å². The number of nitrogens with two attached hydrogens (primary N) is 1. The van der Waals surface area contributed by atoms with E-state index in [0.29, 0.717) is 13.0 Å². The monoisotopic (exact) mass is 308 g/mol. The van der Waals surface area contributed by atoms with Crippen LogP contribution in [-0.2, 0) is 9.59 Å². The van der Waals surface area contributed by atoms with Gasteiger partial charge in [0.15, 0.2) is 0 Å². The topological polar surface area (TPSA) is 63.4 Å². The highest BCUT2D eigenvalue weighted by atomic mass is 16.2. The van der Waals surface area contributed by atoms with Crippen LogP contribution >= 0.6 is 0 Å². The largest absolute Gasteiger partial charge is 0.399 e. The quantitative estimate of drug-likeness (QED) is 0.519. The van der Waals surface area contributed by atoms with Gasteiger partial charge in [0.05, 0.1) is 0 Å². The summed E-state index contributed by atoms with van der Waals surface area (Å²) in [7, 11) is 0. The molecule has 1 unspecified atom stereocenters. The molecule has 1 fully saturated rings. The smallest absolute Gasteiger partial charge is 0.227 e. The predicted octanol–water partition coefficient (Wildman–Crippen LogP) is 2.52. The number of aldehydes is 1. The maximum atomic E-state index is 11.5. The molecular formula is C19H20N2O2. The first-order valence-corrected chi connectivity index (χ1v) is 7.58. The van der Waals surface area contributed by atoms with Gasteiger partial charge in [-0.2, -0.15) is 0 Å². The van der Waals surface area contributed by atoms with Crippen molar-refractivity contribution >= 4 is 17.9 Å². The molecule has 0 spiro atoms. The van der Waals surface area contributed by atoms with E-state index in [1.165, 1.54) is 0 Å². The van der Waals surface area contributed by atoms with Gasteiger partial charge in [-0.3, -0.25) is 4.79 Å². The van der Waals surface area contributed by atoms with Gasteiger partial charge in [0, 0.05) is 35.8 Å². The number of hydrogen-bond acceptors (Lipinski definition) is 3. The first kappa shape index (κ1) is 16.6. The first-order chi connectivity index (χ1) is 11.1. The maximum Gasteiger partial charge on any atom is 0.227 e. The minimum absolute atomic E-state index is 0.0694. The summed E-state index contributed by atoms with van der Waals surface area (Å²) in [5.41, 5.74) is 7.99. The second-order valence-electron chi connectivity index (χ2n) is 5.48. The standard InChI is InChI=1S/C11H13NO2.C8H7N/c13-8-9-6-11(14)12(7-9)10-4-2-1-3-5-10;1-2-7-3-5-8(9)6-4-7/h2,4-5,8-9H,1,3,6-7H2;1,3-6H,9H2. The van der Waals surface area contributed by atoms with Crippen LogP contribution in [0.4, 0.5) is 5.69 Å². The molecule has 1 heterocycles. The van der Waals surface area contributed by atoms with Crippen LogP contribution in [0.5, 0.6) is 0 Å². The number of terminal acetylenes is 1. The molecule has 3 rings (SSSR count). The van der Waals surface area contributed by atoms with Crippen LogP contribution in [0, 0.1) is 18.3 Å². The molecule has 2 aliphatic rings. The summed E-state index contributed by atoms with van der Waals surface area (Å²) in [6, 6.07) is 7.20. The van der Waals surface area contributed by atoms with Crippen molar-refractivity contribution in [3.63, 3.8) is 0 Å². The van der Waals surface area contributed by atoms with E-state index < -0.39 is 0 Å². The summed E-state index contributed by atoms with van der Waals surface area (Å²) in [4.78, 5) is 23.8. The average Bonchev–Trinajstić information content (AvgIpc) is 2.98.